The molecule has 1 saturated heterocycles. The standard InChI is InChI=1S/C13H13Cl2NO2/c14-10-1-2-11(12(15)7-10)13(18)9-3-5-16(8-17)6-4-9/h1-2,7-9H,3-6H2. The molecule has 0 saturated carbocycles. The van der Waals surface area contributed by atoms with E-state index < -0.39 is 0 Å². The van der Waals surface area contributed by atoms with Gasteiger partial charge < -0.3 is 4.90 Å². The van der Waals surface area contributed by atoms with Gasteiger partial charge in [-0.1, -0.05) is 23.2 Å². The molecule has 1 aromatic rings. The van der Waals surface area contributed by atoms with Crippen LogP contribution >= 0.6 is 23.2 Å². The van der Waals surface area contributed by atoms with E-state index in [1.807, 2.05) is 0 Å². The second-order valence-electron chi connectivity index (χ2n) is 4.40. The van der Waals surface area contributed by atoms with E-state index in [-0.39, 0.29) is 11.7 Å². The SMILES string of the molecule is O=CN1CCC(C(=O)c2ccc(Cl)cc2Cl)CC1. The lowest BCUT2D eigenvalue weighted by molar-refractivity contribution is -0.119. The van der Waals surface area contributed by atoms with Crippen LogP contribution in [0.5, 0.6) is 0 Å². The Morgan fingerprint density at radius 1 is 1.28 bits per heavy atom. The van der Waals surface area contributed by atoms with Crippen molar-refractivity contribution in [1.82, 2.24) is 4.90 Å². The fourth-order valence-corrected chi connectivity index (χ4v) is 2.68. The molecule has 3 nitrogen and oxygen atoms in total. The highest BCUT2D eigenvalue weighted by atomic mass is 35.5. The molecular formula is C13H13Cl2NO2. The predicted octanol–water partition coefficient (Wildman–Crippen LogP) is 3.04. The van der Waals surface area contributed by atoms with Crippen molar-refractivity contribution in [2.24, 2.45) is 5.92 Å². The number of carbonyl (C=O) groups is 2. The summed E-state index contributed by atoms with van der Waals surface area (Å²) in [6.07, 6.45) is 2.21. The number of ketones is 1. The first kappa shape index (κ1) is 13.4. The van der Waals surface area contributed by atoms with Crippen molar-refractivity contribution in [3.8, 4) is 0 Å². The zero-order valence-electron chi connectivity index (χ0n) is 9.73. The van der Waals surface area contributed by atoms with Gasteiger partial charge >= 0.3 is 0 Å². The largest absolute Gasteiger partial charge is 0.345 e. The van der Waals surface area contributed by atoms with E-state index in [0.717, 1.165) is 6.41 Å². The number of hydrogen-bond donors (Lipinski definition) is 0. The van der Waals surface area contributed by atoms with Crippen LogP contribution in [0.3, 0.4) is 0 Å². The number of rotatable bonds is 3. The third-order valence-electron chi connectivity index (χ3n) is 3.25. The van der Waals surface area contributed by atoms with Crippen LogP contribution in [0, 0.1) is 5.92 Å². The Labute approximate surface area is 116 Å². The highest BCUT2D eigenvalue weighted by Crippen LogP contribution is 2.27. The van der Waals surface area contributed by atoms with Gasteiger partial charge in [0.2, 0.25) is 6.41 Å². The van der Waals surface area contributed by atoms with Crippen molar-refractivity contribution in [3.63, 3.8) is 0 Å². The molecule has 1 aliphatic rings. The minimum absolute atomic E-state index is 0.0437. The first-order valence-electron chi connectivity index (χ1n) is 5.80. The molecule has 1 fully saturated rings. The average molecular weight is 286 g/mol. The predicted molar refractivity (Wildman–Crippen MR) is 71.2 cm³/mol. The van der Waals surface area contributed by atoms with Gasteiger partial charge in [-0.2, -0.15) is 0 Å². The summed E-state index contributed by atoms with van der Waals surface area (Å²) in [5.41, 5.74) is 0.519. The molecule has 0 atom stereocenters. The summed E-state index contributed by atoms with van der Waals surface area (Å²) < 4.78 is 0. The first-order chi connectivity index (χ1) is 8.61. The lowest BCUT2D eigenvalue weighted by Crippen LogP contribution is -2.35. The molecule has 0 aromatic heterocycles. The zero-order valence-corrected chi connectivity index (χ0v) is 11.2. The Morgan fingerprint density at radius 2 is 1.94 bits per heavy atom. The van der Waals surface area contributed by atoms with Crippen molar-refractivity contribution in [2.45, 2.75) is 12.8 Å². The van der Waals surface area contributed by atoms with Crippen molar-refractivity contribution in [1.29, 1.82) is 0 Å². The van der Waals surface area contributed by atoms with E-state index in [4.69, 9.17) is 23.2 Å². The summed E-state index contributed by atoms with van der Waals surface area (Å²) in [7, 11) is 0. The smallest absolute Gasteiger partial charge is 0.209 e. The maximum Gasteiger partial charge on any atom is 0.209 e. The van der Waals surface area contributed by atoms with Gasteiger partial charge in [0.25, 0.3) is 0 Å². The van der Waals surface area contributed by atoms with Crippen LogP contribution in [-0.2, 0) is 4.79 Å². The third kappa shape index (κ3) is 2.85. The minimum atomic E-state index is -0.0557. The molecule has 18 heavy (non-hydrogen) atoms. The van der Waals surface area contributed by atoms with Gasteiger partial charge in [0.15, 0.2) is 5.78 Å². The lowest BCUT2D eigenvalue weighted by atomic mass is 9.89. The van der Waals surface area contributed by atoms with Crippen molar-refractivity contribution >= 4 is 35.4 Å². The van der Waals surface area contributed by atoms with Gasteiger partial charge in [-0.15, -0.1) is 0 Å². The highest BCUT2D eigenvalue weighted by Gasteiger charge is 2.26. The molecule has 0 N–H and O–H groups in total. The molecule has 0 spiro atoms. The maximum atomic E-state index is 12.3. The van der Waals surface area contributed by atoms with Gasteiger partial charge in [-0.3, -0.25) is 9.59 Å². The maximum absolute atomic E-state index is 12.3. The number of likely N-dealkylation sites (tertiary alicyclic amines) is 1. The Kier molecular flexibility index (Phi) is 4.25. The van der Waals surface area contributed by atoms with Gasteiger partial charge in [-0.25, -0.2) is 0 Å². The number of Topliss-reactive ketones (excluding diaryl/α,β-unsaturated/α-hetero) is 1. The number of amides is 1. The molecule has 96 valence electrons. The second-order valence-corrected chi connectivity index (χ2v) is 5.25. The number of carbonyl (C=O) groups excluding carboxylic acids is 2. The third-order valence-corrected chi connectivity index (χ3v) is 3.79. The molecule has 2 rings (SSSR count). The Morgan fingerprint density at radius 3 is 2.50 bits per heavy atom. The van der Waals surface area contributed by atoms with Gasteiger partial charge in [0.1, 0.15) is 0 Å². The Hall–Kier alpha value is -1.06. The van der Waals surface area contributed by atoms with Crippen molar-refractivity contribution in [3.05, 3.63) is 33.8 Å². The summed E-state index contributed by atoms with van der Waals surface area (Å²) in [5.74, 6) is -0.0120. The lowest BCUT2D eigenvalue weighted by Gasteiger charge is -2.28. The normalized spacial score (nSPS) is 16.7. The van der Waals surface area contributed by atoms with Crippen LogP contribution in [0.1, 0.15) is 23.2 Å². The summed E-state index contributed by atoms with van der Waals surface area (Å²) in [6.45, 7) is 1.26. The van der Waals surface area contributed by atoms with E-state index in [2.05, 4.69) is 0 Å². The van der Waals surface area contributed by atoms with E-state index >= 15 is 0 Å². The van der Waals surface area contributed by atoms with Crippen molar-refractivity contribution in [2.75, 3.05) is 13.1 Å². The van der Waals surface area contributed by atoms with Gasteiger partial charge in [-0.05, 0) is 31.0 Å². The van der Waals surface area contributed by atoms with Crippen LogP contribution in [0.25, 0.3) is 0 Å². The topological polar surface area (TPSA) is 37.4 Å². The quantitative estimate of drug-likeness (QED) is 0.632. The van der Waals surface area contributed by atoms with Crippen LogP contribution < -0.4 is 0 Å². The van der Waals surface area contributed by atoms with Crippen LogP contribution in [0.4, 0.5) is 0 Å². The fourth-order valence-electron chi connectivity index (χ4n) is 2.18. The molecule has 1 aromatic carbocycles. The van der Waals surface area contributed by atoms with Gasteiger partial charge in [0, 0.05) is 29.6 Å². The molecule has 0 unspecified atom stereocenters. The first-order valence-corrected chi connectivity index (χ1v) is 6.56. The van der Waals surface area contributed by atoms with E-state index in [1.165, 1.54) is 0 Å². The molecular weight excluding hydrogens is 273 g/mol. The number of benzene rings is 1. The Bertz CT molecular complexity index is 468. The second kappa shape index (κ2) is 5.72. The molecule has 0 radical (unpaired) electrons. The molecule has 5 heteroatoms. The molecule has 1 amide bonds. The van der Waals surface area contributed by atoms with Crippen LogP contribution in [-0.4, -0.2) is 30.2 Å². The zero-order chi connectivity index (χ0) is 13.1. The fraction of sp³-hybridized carbons (Fsp3) is 0.385. The summed E-state index contributed by atoms with van der Waals surface area (Å²) >= 11 is 11.8. The number of piperidine rings is 1. The van der Waals surface area contributed by atoms with Crippen LogP contribution in [0.2, 0.25) is 10.0 Å². The Balaban J connectivity index is 2.10. The minimum Gasteiger partial charge on any atom is -0.345 e. The molecule has 0 aliphatic carbocycles. The number of nitrogens with zero attached hydrogens (tertiary/aromatic N) is 1. The summed E-state index contributed by atoms with van der Waals surface area (Å²) in [4.78, 5) is 24.6. The molecule has 0 bridgehead atoms. The summed E-state index contributed by atoms with van der Waals surface area (Å²) in [6, 6.07) is 4.91. The number of hydrogen-bond acceptors (Lipinski definition) is 2. The van der Waals surface area contributed by atoms with Gasteiger partial charge in [0.05, 0.1) is 5.02 Å². The van der Waals surface area contributed by atoms with E-state index in [1.54, 1.807) is 23.1 Å². The summed E-state index contributed by atoms with van der Waals surface area (Å²) in [5, 5.41) is 0.914. The molecule has 1 aliphatic heterocycles. The van der Waals surface area contributed by atoms with E-state index in [9.17, 15) is 9.59 Å². The average Bonchev–Trinajstić information content (AvgIpc) is 2.38. The highest BCUT2D eigenvalue weighted by molar-refractivity contribution is 6.36. The monoisotopic (exact) mass is 285 g/mol. The van der Waals surface area contributed by atoms with E-state index in [0.29, 0.717) is 41.5 Å². The number of halogens is 2. The molecule has 1 heterocycles. The van der Waals surface area contributed by atoms with Crippen molar-refractivity contribution < 1.29 is 9.59 Å². The van der Waals surface area contributed by atoms with Crippen LogP contribution in [0.15, 0.2) is 18.2 Å².